The number of aromatic nitrogens is 4. The molecule has 23 heavy (non-hydrogen) atoms. The maximum Gasteiger partial charge on any atom is 0.226 e. The van der Waals surface area contributed by atoms with Crippen LogP contribution >= 0.6 is 0 Å². The first-order valence-electron chi connectivity index (χ1n) is 7.58. The predicted molar refractivity (Wildman–Crippen MR) is 88.5 cm³/mol. The summed E-state index contributed by atoms with van der Waals surface area (Å²) in [7, 11) is 1.83. The average Bonchev–Trinajstić information content (AvgIpc) is 3.08. The van der Waals surface area contributed by atoms with Gasteiger partial charge in [0, 0.05) is 18.5 Å². The molecule has 1 aromatic carbocycles. The number of ether oxygens (including phenoxy) is 1. The molecule has 0 fully saturated rings. The topological polar surface area (TPSA) is 90.9 Å². The van der Waals surface area contributed by atoms with Crippen molar-refractivity contribution in [2.45, 2.75) is 18.9 Å². The van der Waals surface area contributed by atoms with E-state index in [9.17, 15) is 0 Å². The molecule has 1 aliphatic rings. The Kier molecular flexibility index (Phi) is 3.07. The van der Waals surface area contributed by atoms with Crippen LogP contribution in [0, 0.1) is 0 Å². The molecule has 7 nitrogen and oxygen atoms in total. The number of hydrogen-bond acceptors (Lipinski definition) is 6. The van der Waals surface area contributed by atoms with E-state index in [1.54, 1.807) is 10.9 Å². The fourth-order valence-corrected chi connectivity index (χ4v) is 2.96. The summed E-state index contributed by atoms with van der Waals surface area (Å²) in [6.07, 6.45) is 1.72. The van der Waals surface area contributed by atoms with Gasteiger partial charge in [0.2, 0.25) is 5.95 Å². The minimum Gasteiger partial charge on any atom is -0.488 e. The molecule has 3 heterocycles. The van der Waals surface area contributed by atoms with Gasteiger partial charge in [-0.05, 0) is 6.07 Å². The largest absolute Gasteiger partial charge is 0.488 e. The van der Waals surface area contributed by atoms with E-state index in [1.807, 2.05) is 25.2 Å². The Balaban J connectivity index is 1.53. The third kappa shape index (κ3) is 2.25. The molecular formula is C16H18N6O. The molecule has 0 saturated heterocycles. The van der Waals surface area contributed by atoms with Crippen molar-refractivity contribution in [3.05, 3.63) is 36.0 Å². The quantitative estimate of drug-likeness (QED) is 0.768. The van der Waals surface area contributed by atoms with E-state index in [-0.39, 0.29) is 6.10 Å². The Morgan fingerprint density at radius 2 is 2.13 bits per heavy atom. The van der Waals surface area contributed by atoms with Crippen LogP contribution in [-0.4, -0.2) is 32.4 Å². The maximum absolute atomic E-state index is 6.00. The Morgan fingerprint density at radius 1 is 1.30 bits per heavy atom. The summed E-state index contributed by atoms with van der Waals surface area (Å²) in [5, 5.41) is 8.15. The van der Waals surface area contributed by atoms with Crippen molar-refractivity contribution in [2.75, 3.05) is 17.6 Å². The van der Waals surface area contributed by atoms with Gasteiger partial charge in [0.05, 0.1) is 18.1 Å². The van der Waals surface area contributed by atoms with Crippen molar-refractivity contribution in [1.29, 1.82) is 0 Å². The van der Waals surface area contributed by atoms with E-state index in [1.165, 1.54) is 5.56 Å². The summed E-state index contributed by atoms with van der Waals surface area (Å²) in [6.45, 7) is 2.77. The molecule has 4 rings (SSSR count). The lowest BCUT2D eigenvalue weighted by Gasteiger charge is -2.16. The highest BCUT2D eigenvalue weighted by Gasteiger charge is 2.30. The number of rotatable bonds is 3. The van der Waals surface area contributed by atoms with Crippen LogP contribution in [0.15, 0.2) is 30.5 Å². The number of para-hydroxylation sites is 1. The number of anilines is 2. The zero-order valence-electron chi connectivity index (χ0n) is 13.0. The van der Waals surface area contributed by atoms with E-state index < -0.39 is 0 Å². The number of nitrogens with two attached hydrogens (primary N) is 1. The van der Waals surface area contributed by atoms with Crippen LogP contribution < -0.4 is 15.8 Å². The van der Waals surface area contributed by atoms with Crippen molar-refractivity contribution in [2.24, 2.45) is 7.05 Å². The molecule has 2 aromatic heterocycles. The van der Waals surface area contributed by atoms with E-state index in [0.29, 0.717) is 29.9 Å². The first-order valence-corrected chi connectivity index (χ1v) is 7.58. The number of hydrogen-bond donors (Lipinski definition) is 2. The summed E-state index contributed by atoms with van der Waals surface area (Å²) < 4.78 is 7.68. The lowest BCUT2D eigenvalue weighted by atomic mass is 9.98. The van der Waals surface area contributed by atoms with Gasteiger partial charge in [-0.15, -0.1) is 0 Å². The monoisotopic (exact) mass is 310 g/mol. The van der Waals surface area contributed by atoms with Crippen molar-refractivity contribution in [1.82, 2.24) is 19.7 Å². The van der Waals surface area contributed by atoms with E-state index >= 15 is 0 Å². The van der Waals surface area contributed by atoms with Gasteiger partial charge >= 0.3 is 0 Å². The average molecular weight is 310 g/mol. The molecule has 1 aliphatic heterocycles. The SMILES string of the molecule is C[C@@H]1c2ccccc2O[C@@H]1CNc1nc(N)c2cnn(C)c2n1. The smallest absolute Gasteiger partial charge is 0.226 e. The lowest BCUT2D eigenvalue weighted by Crippen LogP contribution is -2.27. The minimum absolute atomic E-state index is 0.0412. The fourth-order valence-electron chi connectivity index (χ4n) is 2.96. The summed E-state index contributed by atoms with van der Waals surface area (Å²) in [5.74, 6) is 2.19. The summed E-state index contributed by atoms with van der Waals surface area (Å²) in [5.41, 5.74) is 7.92. The van der Waals surface area contributed by atoms with E-state index in [4.69, 9.17) is 10.5 Å². The zero-order valence-corrected chi connectivity index (χ0v) is 13.0. The van der Waals surface area contributed by atoms with Crippen LogP contribution in [0.1, 0.15) is 18.4 Å². The maximum atomic E-state index is 6.00. The van der Waals surface area contributed by atoms with Crippen LogP contribution in [0.25, 0.3) is 11.0 Å². The number of benzene rings is 1. The van der Waals surface area contributed by atoms with Gasteiger partial charge in [0.1, 0.15) is 17.7 Å². The van der Waals surface area contributed by atoms with E-state index in [2.05, 4.69) is 33.4 Å². The molecule has 2 atom stereocenters. The minimum atomic E-state index is 0.0412. The zero-order chi connectivity index (χ0) is 16.0. The van der Waals surface area contributed by atoms with Gasteiger partial charge in [-0.25, -0.2) is 0 Å². The Hall–Kier alpha value is -2.83. The van der Waals surface area contributed by atoms with Crippen molar-refractivity contribution < 1.29 is 4.74 Å². The number of nitrogen functional groups attached to an aromatic ring is 1. The third-order valence-electron chi connectivity index (χ3n) is 4.33. The van der Waals surface area contributed by atoms with Crippen LogP contribution in [0.5, 0.6) is 5.75 Å². The third-order valence-corrected chi connectivity index (χ3v) is 4.33. The Bertz CT molecular complexity index is 874. The van der Waals surface area contributed by atoms with Crippen molar-refractivity contribution in [3.8, 4) is 5.75 Å². The molecule has 0 saturated carbocycles. The summed E-state index contributed by atoms with van der Waals surface area (Å²) in [6, 6.07) is 8.13. The van der Waals surface area contributed by atoms with Crippen LogP contribution in [0.2, 0.25) is 0 Å². The second kappa shape index (κ2) is 5.12. The summed E-state index contributed by atoms with van der Waals surface area (Å²) >= 11 is 0. The standard InChI is InChI=1S/C16H18N6O/c1-9-10-5-3-4-6-12(10)23-13(9)8-18-16-20-14(17)11-7-19-22(2)15(11)21-16/h3-7,9,13H,8H2,1-2H3,(H3,17,18,20,21)/t9-,13-/m1/s1. The van der Waals surface area contributed by atoms with Gasteiger partial charge in [-0.3, -0.25) is 4.68 Å². The molecule has 0 unspecified atom stereocenters. The highest BCUT2D eigenvalue weighted by molar-refractivity contribution is 5.86. The second-order valence-corrected chi connectivity index (χ2v) is 5.80. The first kappa shape index (κ1) is 13.8. The number of nitrogens with one attached hydrogen (secondary N) is 1. The van der Waals surface area contributed by atoms with Crippen molar-refractivity contribution >= 4 is 22.8 Å². The van der Waals surface area contributed by atoms with Gasteiger partial charge in [-0.2, -0.15) is 15.1 Å². The molecule has 0 amide bonds. The molecule has 7 heteroatoms. The molecule has 3 N–H and O–H groups in total. The van der Waals surface area contributed by atoms with Crippen LogP contribution in [0.3, 0.4) is 0 Å². The molecule has 3 aromatic rings. The molecule has 118 valence electrons. The molecule has 0 bridgehead atoms. The summed E-state index contributed by atoms with van der Waals surface area (Å²) in [4.78, 5) is 8.77. The van der Waals surface area contributed by atoms with Gasteiger partial charge in [0.25, 0.3) is 0 Å². The van der Waals surface area contributed by atoms with E-state index in [0.717, 1.165) is 11.1 Å². The van der Waals surface area contributed by atoms with Crippen molar-refractivity contribution in [3.63, 3.8) is 0 Å². The second-order valence-electron chi connectivity index (χ2n) is 5.80. The Labute approximate surface area is 133 Å². The molecule has 0 spiro atoms. The highest BCUT2D eigenvalue weighted by Crippen LogP contribution is 2.37. The Morgan fingerprint density at radius 3 is 2.96 bits per heavy atom. The molecular weight excluding hydrogens is 292 g/mol. The van der Waals surface area contributed by atoms with Gasteiger partial charge < -0.3 is 15.8 Å². The lowest BCUT2D eigenvalue weighted by molar-refractivity contribution is 0.224. The van der Waals surface area contributed by atoms with Crippen LogP contribution in [-0.2, 0) is 7.05 Å². The molecule has 0 radical (unpaired) electrons. The first-order chi connectivity index (χ1) is 11.1. The number of fused-ring (bicyclic) bond motifs is 2. The van der Waals surface area contributed by atoms with Gasteiger partial charge in [0.15, 0.2) is 5.65 Å². The number of aryl methyl sites for hydroxylation is 1. The highest BCUT2D eigenvalue weighted by atomic mass is 16.5. The number of nitrogens with zero attached hydrogens (tertiary/aromatic N) is 4. The van der Waals surface area contributed by atoms with Gasteiger partial charge in [-0.1, -0.05) is 25.1 Å². The normalized spacial score (nSPS) is 19.6. The van der Waals surface area contributed by atoms with Crippen LogP contribution in [0.4, 0.5) is 11.8 Å². The predicted octanol–water partition coefficient (Wildman–Crippen LogP) is 1.92. The molecule has 0 aliphatic carbocycles. The fraction of sp³-hybridized carbons (Fsp3) is 0.312.